The van der Waals surface area contributed by atoms with Crippen molar-refractivity contribution >= 4 is 21.9 Å². The fourth-order valence-electron chi connectivity index (χ4n) is 9.16. The molecule has 12 rings (SSSR count). The second-order valence-electron chi connectivity index (χ2n) is 16.8. The Labute approximate surface area is 389 Å². The maximum atomic E-state index is 6.72. The smallest absolute Gasteiger partial charge is 0.164 e. The first-order valence-corrected chi connectivity index (χ1v) is 22.6. The van der Waals surface area contributed by atoms with Crippen molar-refractivity contribution in [3.63, 3.8) is 0 Å². The van der Waals surface area contributed by atoms with Crippen LogP contribution in [-0.4, -0.2) is 15.0 Å². The van der Waals surface area contributed by atoms with Crippen LogP contribution in [0.15, 0.2) is 253 Å². The van der Waals surface area contributed by atoms with Crippen LogP contribution in [0.5, 0.6) is 0 Å². The van der Waals surface area contributed by atoms with E-state index < -0.39 is 0 Å². The predicted octanol–water partition coefficient (Wildman–Crippen LogP) is 16.8. The zero-order valence-corrected chi connectivity index (χ0v) is 36.4. The van der Waals surface area contributed by atoms with Crippen molar-refractivity contribution in [2.24, 2.45) is 0 Å². The summed E-state index contributed by atoms with van der Waals surface area (Å²) in [5.74, 6) is 1.76. The van der Waals surface area contributed by atoms with E-state index in [0.717, 1.165) is 83.1 Å². The fraction of sp³-hybridized carbons (Fsp3) is 0. The van der Waals surface area contributed by atoms with Crippen molar-refractivity contribution < 1.29 is 4.42 Å². The largest absolute Gasteiger partial charge is 0.456 e. The summed E-state index contributed by atoms with van der Waals surface area (Å²) in [4.78, 5) is 15.4. The van der Waals surface area contributed by atoms with E-state index in [1.165, 1.54) is 22.3 Å². The maximum Gasteiger partial charge on any atom is 0.164 e. The fourth-order valence-corrected chi connectivity index (χ4v) is 9.16. The molecule has 0 aliphatic rings. The van der Waals surface area contributed by atoms with E-state index in [4.69, 9.17) is 19.4 Å². The van der Waals surface area contributed by atoms with Crippen molar-refractivity contribution in [2.45, 2.75) is 0 Å². The number of benzene rings is 10. The van der Waals surface area contributed by atoms with Gasteiger partial charge in [0.2, 0.25) is 0 Å². The SMILES string of the molecule is c1ccc(-c2ccc(-c3nc(-c4ccc(-c5cccc(-c6ccccc6)c5)cc4)nc(-c4ccc5c(c4)oc4cccc(-c6ccc(-c7ccccc7)cc6-c6ccccc6)c45)n3)cc2)cc1. The van der Waals surface area contributed by atoms with Crippen LogP contribution >= 0.6 is 0 Å². The summed E-state index contributed by atoms with van der Waals surface area (Å²) in [6.45, 7) is 0. The molecule has 0 bridgehead atoms. The molecule has 0 radical (unpaired) electrons. The molecule has 0 N–H and O–H groups in total. The van der Waals surface area contributed by atoms with Crippen molar-refractivity contribution in [1.29, 1.82) is 0 Å². The second kappa shape index (κ2) is 17.2. The van der Waals surface area contributed by atoms with Crippen molar-refractivity contribution in [1.82, 2.24) is 15.0 Å². The van der Waals surface area contributed by atoms with Gasteiger partial charge in [0, 0.05) is 27.5 Å². The molecule has 4 heteroatoms. The van der Waals surface area contributed by atoms with Gasteiger partial charge in [-0.05, 0) is 97.1 Å². The third-order valence-corrected chi connectivity index (χ3v) is 12.6. The highest BCUT2D eigenvalue weighted by atomic mass is 16.3. The summed E-state index contributed by atoms with van der Waals surface area (Å²) in [5, 5.41) is 2.09. The number of aromatic nitrogens is 3. The summed E-state index contributed by atoms with van der Waals surface area (Å²) >= 11 is 0. The molecule has 10 aromatic carbocycles. The van der Waals surface area contributed by atoms with Crippen LogP contribution < -0.4 is 0 Å². The normalized spacial score (nSPS) is 11.3. The van der Waals surface area contributed by atoms with E-state index in [-0.39, 0.29) is 0 Å². The van der Waals surface area contributed by atoms with Gasteiger partial charge in [-0.15, -0.1) is 0 Å². The van der Waals surface area contributed by atoms with Crippen molar-refractivity contribution in [2.75, 3.05) is 0 Å². The van der Waals surface area contributed by atoms with Gasteiger partial charge in [0.05, 0.1) is 0 Å². The molecule has 314 valence electrons. The van der Waals surface area contributed by atoms with Crippen molar-refractivity contribution in [3.8, 4) is 101 Å². The molecule has 0 fully saturated rings. The van der Waals surface area contributed by atoms with Gasteiger partial charge in [0.1, 0.15) is 11.2 Å². The Morgan fingerprint density at radius 2 is 0.627 bits per heavy atom. The average Bonchev–Trinajstić information content (AvgIpc) is 3.80. The minimum absolute atomic E-state index is 0.567. The number of rotatable bonds is 9. The van der Waals surface area contributed by atoms with Crippen LogP contribution in [0, 0.1) is 0 Å². The first-order chi connectivity index (χ1) is 33.2. The minimum atomic E-state index is 0.567. The Kier molecular flexibility index (Phi) is 10.2. The number of hydrogen-bond acceptors (Lipinski definition) is 4. The number of fused-ring (bicyclic) bond motifs is 3. The Morgan fingerprint density at radius 1 is 0.224 bits per heavy atom. The first-order valence-electron chi connectivity index (χ1n) is 22.6. The van der Waals surface area contributed by atoms with Gasteiger partial charge in [-0.25, -0.2) is 15.0 Å². The summed E-state index contributed by atoms with van der Waals surface area (Å²) < 4.78 is 6.72. The van der Waals surface area contributed by atoms with E-state index in [1.807, 2.05) is 12.1 Å². The lowest BCUT2D eigenvalue weighted by Gasteiger charge is -2.14. The standard InChI is InChI=1S/C63H41N3O/c1-5-15-42(16-6-1)45-27-31-48(32-28-45)61-64-62(49-33-29-46(30-34-49)51-24-13-23-50(39-51)43-17-7-2-8-18-43)66-63(65-61)53-36-38-56-59(41-53)67-58-26-14-25-55(60(56)58)54-37-35-52(44-19-9-3-10-20-44)40-57(54)47-21-11-4-12-22-47/h1-41H. The van der Waals surface area contributed by atoms with Gasteiger partial charge in [0.15, 0.2) is 17.5 Å². The summed E-state index contributed by atoms with van der Waals surface area (Å²) in [5.41, 5.74) is 18.1. The van der Waals surface area contributed by atoms with Gasteiger partial charge in [0.25, 0.3) is 0 Å². The van der Waals surface area contributed by atoms with E-state index in [2.05, 4.69) is 237 Å². The molecule has 2 aromatic heterocycles. The molecule has 0 amide bonds. The highest BCUT2D eigenvalue weighted by molar-refractivity contribution is 6.14. The van der Waals surface area contributed by atoms with E-state index in [1.54, 1.807) is 0 Å². The second-order valence-corrected chi connectivity index (χ2v) is 16.8. The maximum absolute atomic E-state index is 6.72. The minimum Gasteiger partial charge on any atom is -0.456 e. The number of furan rings is 1. The lowest BCUT2D eigenvalue weighted by atomic mass is 9.89. The molecule has 0 aliphatic heterocycles. The molecule has 0 saturated carbocycles. The lowest BCUT2D eigenvalue weighted by Crippen LogP contribution is -2.00. The Morgan fingerprint density at radius 3 is 1.19 bits per heavy atom. The Balaban J connectivity index is 0.955. The highest BCUT2D eigenvalue weighted by Gasteiger charge is 2.19. The Bertz CT molecular complexity index is 3700. The molecule has 0 unspecified atom stereocenters. The van der Waals surface area contributed by atoms with E-state index in [0.29, 0.717) is 17.5 Å². The predicted molar refractivity (Wildman–Crippen MR) is 276 cm³/mol. The van der Waals surface area contributed by atoms with E-state index in [9.17, 15) is 0 Å². The molecule has 4 nitrogen and oxygen atoms in total. The summed E-state index contributed by atoms with van der Waals surface area (Å²) in [7, 11) is 0. The van der Waals surface area contributed by atoms with Crippen LogP contribution in [0.4, 0.5) is 0 Å². The van der Waals surface area contributed by atoms with Gasteiger partial charge >= 0.3 is 0 Å². The Hall–Kier alpha value is -8.99. The van der Waals surface area contributed by atoms with Gasteiger partial charge in [-0.1, -0.05) is 218 Å². The molecule has 12 aromatic rings. The van der Waals surface area contributed by atoms with Crippen molar-refractivity contribution in [3.05, 3.63) is 249 Å². The average molecular weight is 856 g/mol. The summed E-state index contributed by atoms with van der Waals surface area (Å²) in [6.07, 6.45) is 0. The topological polar surface area (TPSA) is 51.8 Å². The first kappa shape index (κ1) is 39.6. The third kappa shape index (κ3) is 7.77. The third-order valence-electron chi connectivity index (χ3n) is 12.6. The van der Waals surface area contributed by atoms with Gasteiger partial charge in [-0.3, -0.25) is 0 Å². The molecular formula is C63H41N3O. The molecule has 67 heavy (non-hydrogen) atoms. The molecule has 0 aliphatic carbocycles. The molecule has 0 spiro atoms. The zero-order valence-electron chi connectivity index (χ0n) is 36.4. The van der Waals surface area contributed by atoms with Crippen LogP contribution in [0.1, 0.15) is 0 Å². The van der Waals surface area contributed by atoms with Crippen LogP contribution in [-0.2, 0) is 0 Å². The zero-order chi connectivity index (χ0) is 44.5. The number of nitrogens with zero attached hydrogens (tertiary/aromatic N) is 3. The molecular weight excluding hydrogens is 815 g/mol. The lowest BCUT2D eigenvalue weighted by molar-refractivity contribution is 0.669. The van der Waals surface area contributed by atoms with Crippen LogP contribution in [0.2, 0.25) is 0 Å². The summed E-state index contributed by atoms with van der Waals surface area (Å²) in [6, 6.07) is 87.1. The number of hydrogen-bond donors (Lipinski definition) is 0. The van der Waals surface area contributed by atoms with Gasteiger partial charge in [-0.2, -0.15) is 0 Å². The van der Waals surface area contributed by atoms with Crippen LogP contribution in [0.25, 0.3) is 123 Å². The molecule has 2 heterocycles. The van der Waals surface area contributed by atoms with Gasteiger partial charge < -0.3 is 4.42 Å². The molecule has 0 saturated heterocycles. The monoisotopic (exact) mass is 855 g/mol. The van der Waals surface area contributed by atoms with Crippen LogP contribution in [0.3, 0.4) is 0 Å². The quantitative estimate of drug-likeness (QED) is 0.145. The highest BCUT2D eigenvalue weighted by Crippen LogP contribution is 2.43. The molecule has 0 atom stereocenters. The van der Waals surface area contributed by atoms with E-state index >= 15 is 0 Å².